The first kappa shape index (κ1) is 35.4. The highest BCUT2D eigenvalue weighted by molar-refractivity contribution is 7.26. The lowest BCUT2D eigenvalue weighted by molar-refractivity contribution is 0.670. The van der Waals surface area contributed by atoms with E-state index in [2.05, 4.69) is 155 Å². The van der Waals surface area contributed by atoms with Crippen molar-refractivity contribution in [1.82, 2.24) is 29.5 Å². The maximum absolute atomic E-state index is 7.04. The minimum atomic E-state index is 0.544. The molecule has 5 aromatic heterocycles. The first-order chi connectivity index (χ1) is 31.2. The van der Waals surface area contributed by atoms with Gasteiger partial charge in [-0.1, -0.05) is 146 Å². The molecule has 8 heteroatoms. The molecule has 0 N–H and O–H groups in total. The molecule has 0 amide bonds. The third kappa shape index (κ3) is 5.62. The molecule has 13 aromatic rings. The van der Waals surface area contributed by atoms with Crippen LogP contribution in [0.3, 0.4) is 0 Å². The molecule has 0 atom stereocenters. The molecule has 7 nitrogen and oxygen atoms in total. The number of hydrogen-bond donors (Lipinski definition) is 0. The van der Waals surface area contributed by atoms with Gasteiger partial charge in [-0.25, -0.2) is 24.9 Å². The highest BCUT2D eigenvalue weighted by atomic mass is 32.1. The Kier molecular flexibility index (Phi) is 7.94. The van der Waals surface area contributed by atoms with Crippen molar-refractivity contribution in [2.45, 2.75) is 0 Å². The number of para-hydroxylation sites is 3. The molecule has 5 heterocycles. The third-order valence-corrected chi connectivity index (χ3v) is 13.3. The Morgan fingerprint density at radius 2 is 0.984 bits per heavy atom. The molecule has 0 bridgehead atoms. The molecule has 0 fully saturated rings. The maximum Gasteiger partial charge on any atom is 0.167 e. The quantitative estimate of drug-likeness (QED) is 0.166. The van der Waals surface area contributed by atoms with Crippen LogP contribution in [0, 0.1) is 0 Å². The van der Waals surface area contributed by atoms with Crippen LogP contribution in [-0.2, 0) is 0 Å². The van der Waals surface area contributed by atoms with E-state index in [1.165, 1.54) is 26.6 Å². The van der Waals surface area contributed by atoms with E-state index in [4.69, 9.17) is 24.4 Å². The molecule has 0 aliphatic rings. The number of furan rings is 1. The summed E-state index contributed by atoms with van der Waals surface area (Å²) in [5.41, 5.74) is 12.6. The summed E-state index contributed by atoms with van der Waals surface area (Å²) in [6.07, 6.45) is 3.50. The van der Waals surface area contributed by atoms with Crippen LogP contribution in [-0.4, -0.2) is 29.5 Å². The van der Waals surface area contributed by atoms with Gasteiger partial charge in [-0.15, -0.1) is 11.3 Å². The second-order valence-corrected chi connectivity index (χ2v) is 16.7. The Bertz CT molecular complexity index is 3910. The van der Waals surface area contributed by atoms with Crippen LogP contribution in [0.1, 0.15) is 0 Å². The van der Waals surface area contributed by atoms with Crippen molar-refractivity contribution in [3.63, 3.8) is 0 Å². The van der Waals surface area contributed by atoms with E-state index in [1.54, 1.807) is 17.7 Å². The van der Waals surface area contributed by atoms with Gasteiger partial charge in [-0.05, 0) is 53.1 Å². The molecule has 63 heavy (non-hydrogen) atoms. The molecule has 0 saturated carbocycles. The van der Waals surface area contributed by atoms with Gasteiger partial charge >= 0.3 is 0 Å². The van der Waals surface area contributed by atoms with Gasteiger partial charge in [0.05, 0.1) is 28.3 Å². The SMILES string of the molecule is c1ccc(-c2nc(-c3cccc4c3oc3c(-c5ccc6c7ncncc7n(-c7ccccc7)c6c5)cccc34)nc(-c3cccc4c3sc3c(-c5ccccc5)cccc34)n2)cc1. The second kappa shape index (κ2) is 14.1. The van der Waals surface area contributed by atoms with E-state index < -0.39 is 0 Å². The first-order valence-electron chi connectivity index (χ1n) is 20.8. The zero-order valence-electron chi connectivity index (χ0n) is 33.5. The summed E-state index contributed by atoms with van der Waals surface area (Å²) in [5, 5.41) is 5.45. The number of nitrogens with zero attached hydrogens (tertiary/aromatic N) is 6. The van der Waals surface area contributed by atoms with Gasteiger partial charge in [0.25, 0.3) is 0 Å². The number of benzene rings is 8. The average Bonchev–Trinajstić information content (AvgIpc) is 4.04. The average molecular weight is 825 g/mol. The fourth-order valence-electron chi connectivity index (χ4n) is 9.16. The molecule has 0 radical (unpaired) electrons. The minimum absolute atomic E-state index is 0.544. The predicted octanol–water partition coefficient (Wildman–Crippen LogP) is 14.4. The Hall–Kier alpha value is -8.33. The second-order valence-electron chi connectivity index (χ2n) is 15.6. The fraction of sp³-hybridized carbons (Fsp3) is 0. The third-order valence-electron chi connectivity index (χ3n) is 12.0. The number of fused-ring (bicyclic) bond motifs is 9. The van der Waals surface area contributed by atoms with Gasteiger partial charge in [-0.3, -0.25) is 0 Å². The molecule has 0 aliphatic carbocycles. The lowest BCUT2D eigenvalue weighted by Gasteiger charge is -2.09. The number of thiophene rings is 1. The summed E-state index contributed by atoms with van der Waals surface area (Å²) in [4.78, 5) is 24.8. The van der Waals surface area contributed by atoms with Crippen LogP contribution in [0.25, 0.3) is 126 Å². The van der Waals surface area contributed by atoms with Crippen LogP contribution in [0.5, 0.6) is 0 Å². The molecular formula is C55H32N6OS. The van der Waals surface area contributed by atoms with Crippen molar-refractivity contribution in [2.75, 3.05) is 0 Å². The zero-order valence-corrected chi connectivity index (χ0v) is 34.3. The Labute approximate surface area is 364 Å². The van der Waals surface area contributed by atoms with Crippen molar-refractivity contribution < 1.29 is 4.42 Å². The molecule has 0 spiro atoms. The smallest absolute Gasteiger partial charge is 0.167 e. The first-order valence-corrected chi connectivity index (χ1v) is 21.6. The molecule has 0 unspecified atom stereocenters. The number of aromatic nitrogens is 6. The Morgan fingerprint density at radius 3 is 1.71 bits per heavy atom. The zero-order chi connectivity index (χ0) is 41.4. The molecule has 0 saturated heterocycles. The van der Waals surface area contributed by atoms with E-state index in [0.29, 0.717) is 17.5 Å². The van der Waals surface area contributed by atoms with Gasteiger partial charge in [0.1, 0.15) is 17.5 Å². The predicted molar refractivity (Wildman–Crippen MR) is 257 cm³/mol. The fourth-order valence-corrected chi connectivity index (χ4v) is 10.5. The van der Waals surface area contributed by atoms with Crippen LogP contribution in [0.15, 0.2) is 199 Å². The summed E-state index contributed by atoms with van der Waals surface area (Å²) in [5.74, 6) is 1.75. The van der Waals surface area contributed by atoms with Crippen molar-refractivity contribution in [3.05, 3.63) is 195 Å². The molecule has 13 rings (SSSR count). The highest BCUT2D eigenvalue weighted by Crippen LogP contribution is 2.45. The van der Waals surface area contributed by atoms with Crippen molar-refractivity contribution in [3.8, 4) is 62.1 Å². The summed E-state index contributed by atoms with van der Waals surface area (Å²) >= 11 is 1.79. The Balaban J connectivity index is 1.01. The number of hydrogen-bond acceptors (Lipinski definition) is 7. The standard InChI is InChI=1S/C55H32N6OS/c1-4-14-33(15-5-1)38-21-11-24-41-42-25-13-27-45(52(42)63-51(38)41)55-59-53(34-16-6-2-7-17-34)58-54(60-55)44-26-12-23-40-39-22-10-20-37(49(39)62-50(40)44)35-28-29-43-46(30-35)61(36-18-8-3-9-19-36)47-31-56-32-57-48(43)47/h1-32H. The van der Waals surface area contributed by atoms with E-state index >= 15 is 0 Å². The van der Waals surface area contributed by atoms with Gasteiger partial charge < -0.3 is 8.98 Å². The summed E-state index contributed by atoms with van der Waals surface area (Å²) < 4.78 is 11.6. The van der Waals surface area contributed by atoms with Crippen LogP contribution in [0.2, 0.25) is 0 Å². The highest BCUT2D eigenvalue weighted by Gasteiger charge is 2.22. The monoisotopic (exact) mass is 824 g/mol. The van der Waals surface area contributed by atoms with Crippen LogP contribution >= 0.6 is 11.3 Å². The summed E-state index contributed by atoms with van der Waals surface area (Å²) in [6.45, 7) is 0. The Morgan fingerprint density at radius 1 is 0.413 bits per heavy atom. The van der Waals surface area contributed by atoms with Crippen LogP contribution in [0.4, 0.5) is 0 Å². The number of rotatable bonds is 6. The molecular weight excluding hydrogens is 793 g/mol. The molecule has 294 valence electrons. The summed E-state index contributed by atoms with van der Waals surface area (Å²) in [7, 11) is 0. The lowest BCUT2D eigenvalue weighted by atomic mass is 10.0. The van der Waals surface area contributed by atoms with Gasteiger partial charge in [0.15, 0.2) is 17.5 Å². The van der Waals surface area contributed by atoms with Crippen molar-refractivity contribution in [2.24, 2.45) is 0 Å². The van der Waals surface area contributed by atoms with Crippen molar-refractivity contribution >= 4 is 75.4 Å². The van der Waals surface area contributed by atoms with Gasteiger partial charge in [0.2, 0.25) is 0 Å². The van der Waals surface area contributed by atoms with Gasteiger partial charge in [0, 0.05) is 58.7 Å². The minimum Gasteiger partial charge on any atom is -0.455 e. The van der Waals surface area contributed by atoms with E-state index in [0.717, 1.165) is 82.1 Å². The normalized spacial score (nSPS) is 11.8. The summed E-state index contributed by atoms with van der Waals surface area (Å²) in [6, 6.07) is 63.2. The van der Waals surface area contributed by atoms with Gasteiger partial charge in [-0.2, -0.15) is 0 Å². The lowest BCUT2D eigenvalue weighted by Crippen LogP contribution is -2.00. The van der Waals surface area contributed by atoms with Crippen molar-refractivity contribution in [1.29, 1.82) is 0 Å². The van der Waals surface area contributed by atoms with Crippen LogP contribution < -0.4 is 0 Å². The largest absolute Gasteiger partial charge is 0.455 e. The molecule has 8 aromatic carbocycles. The van der Waals surface area contributed by atoms with E-state index in [-0.39, 0.29) is 0 Å². The molecule has 0 aliphatic heterocycles. The maximum atomic E-state index is 7.04. The topological polar surface area (TPSA) is 82.5 Å². The van der Waals surface area contributed by atoms with E-state index in [1.807, 2.05) is 42.6 Å². The van der Waals surface area contributed by atoms with E-state index in [9.17, 15) is 0 Å².